The van der Waals surface area contributed by atoms with Crippen molar-refractivity contribution in [1.29, 1.82) is 0 Å². The predicted octanol–water partition coefficient (Wildman–Crippen LogP) is 1.19. The number of nitrogens with one attached hydrogen (secondary N) is 2. The molecule has 11 nitrogen and oxygen atoms in total. The number of carboxylic acid groups (broad SMARTS) is 1. The van der Waals surface area contributed by atoms with E-state index in [0.29, 0.717) is 38.9 Å². The molecule has 3 aliphatic heterocycles. The van der Waals surface area contributed by atoms with Gasteiger partial charge in [0.15, 0.2) is 0 Å². The summed E-state index contributed by atoms with van der Waals surface area (Å²) in [6.45, 7) is 12.6. The molecule has 0 radical (unpaired) electrons. The van der Waals surface area contributed by atoms with E-state index in [2.05, 4.69) is 17.2 Å². The van der Waals surface area contributed by atoms with Crippen LogP contribution in [0.2, 0.25) is 0 Å². The molecule has 0 aromatic rings. The monoisotopic (exact) mass is 519 g/mol. The third kappa shape index (κ3) is 6.24. The summed E-state index contributed by atoms with van der Waals surface area (Å²) in [7, 11) is 0. The molecular weight excluding hydrogens is 478 g/mol. The molecule has 0 saturated carbocycles. The summed E-state index contributed by atoms with van der Waals surface area (Å²) in [6.07, 6.45) is 4.96. The van der Waals surface area contributed by atoms with Crippen LogP contribution in [-0.2, 0) is 19.2 Å². The van der Waals surface area contributed by atoms with Crippen molar-refractivity contribution in [1.82, 2.24) is 25.3 Å². The van der Waals surface area contributed by atoms with Crippen molar-refractivity contribution in [3.8, 4) is 0 Å². The number of carboxylic acids is 1. The molecular formula is C26H41N5O6. The van der Waals surface area contributed by atoms with Gasteiger partial charge in [-0.2, -0.15) is 0 Å². The molecule has 0 aromatic heterocycles. The minimum atomic E-state index is -1.09. The first-order valence-electron chi connectivity index (χ1n) is 13.2. The predicted molar refractivity (Wildman–Crippen MR) is 136 cm³/mol. The van der Waals surface area contributed by atoms with E-state index in [1.54, 1.807) is 17.9 Å². The van der Waals surface area contributed by atoms with Crippen LogP contribution in [0.4, 0.5) is 4.79 Å². The van der Waals surface area contributed by atoms with Crippen LogP contribution in [0.1, 0.15) is 59.8 Å². The third-order valence-electron chi connectivity index (χ3n) is 7.87. The summed E-state index contributed by atoms with van der Waals surface area (Å²) in [5.41, 5.74) is -0.316. The Kier molecular flexibility index (Phi) is 8.86. The normalized spacial score (nSPS) is 26.8. The fraction of sp³-hybridized carbons (Fsp3) is 0.731. The molecule has 206 valence electrons. The van der Waals surface area contributed by atoms with E-state index in [4.69, 9.17) is 0 Å². The summed E-state index contributed by atoms with van der Waals surface area (Å²) >= 11 is 0. The van der Waals surface area contributed by atoms with E-state index in [0.717, 1.165) is 12.8 Å². The topological polar surface area (TPSA) is 139 Å². The molecule has 2 unspecified atom stereocenters. The second kappa shape index (κ2) is 11.5. The highest BCUT2D eigenvalue weighted by Gasteiger charge is 2.53. The van der Waals surface area contributed by atoms with Crippen LogP contribution < -0.4 is 10.6 Å². The molecule has 37 heavy (non-hydrogen) atoms. The second-order valence-electron chi connectivity index (χ2n) is 11.4. The summed E-state index contributed by atoms with van der Waals surface area (Å²) in [5.74, 6) is -2.13. The lowest BCUT2D eigenvalue weighted by Gasteiger charge is -2.51. The number of hydrogen-bond donors (Lipinski definition) is 3. The standard InChI is InChI=1S/C26H41N5O6/c1-6-17-16(2)31(22(17)24(35)36)23(34)18-10-9-13-30(18)21(33)14-27-25(37)28-19(26(3,4)5)15-29-12-8-7-11-20(29)32/h6,16-19,22H,1,7-15H2,2-5H3,(H,35,36)(H2,27,28,37)/t16?,17?,18-,19+,22+/m0/s1. The molecule has 3 fully saturated rings. The average molecular weight is 520 g/mol. The van der Waals surface area contributed by atoms with Gasteiger partial charge in [-0.25, -0.2) is 9.59 Å². The Hall–Kier alpha value is -3.11. The lowest BCUT2D eigenvalue weighted by molar-refractivity contribution is -0.171. The zero-order valence-electron chi connectivity index (χ0n) is 22.4. The maximum atomic E-state index is 13.2. The molecule has 0 bridgehead atoms. The van der Waals surface area contributed by atoms with Crippen LogP contribution in [0, 0.1) is 11.3 Å². The molecule has 5 amide bonds. The first-order chi connectivity index (χ1) is 17.4. The minimum Gasteiger partial charge on any atom is -0.480 e. The van der Waals surface area contributed by atoms with Gasteiger partial charge in [0.2, 0.25) is 17.7 Å². The Balaban J connectivity index is 1.57. The molecule has 11 heteroatoms. The zero-order valence-corrected chi connectivity index (χ0v) is 22.4. The molecule has 3 N–H and O–H groups in total. The Morgan fingerprint density at radius 3 is 2.46 bits per heavy atom. The van der Waals surface area contributed by atoms with Crippen LogP contribution in [0.15, 0.2) is 12.7 Å². The van der Waals surface area contributed by atoms with E-state index >= 15 is 0 Å². The third-order valence-corrected chi connectivity index (χ3v) is 7.87. The van der Waals surface area contributed by atoms with Gasteiger partial charge >= 0.3 is 12.0 Å². The number of nitrogens with zero attached hydrogens (tertiary/aromatic N) is 3. The first-order valence-corrected chi connectivity index (χ1v) is 13.2. The van der Waals surface area contributed by atoms with Crippen LogP contribution in [0.25, 0.3) is 0 Å². The number of piperidine rings is 1. The largest absolute Gasteiger partial charge is 0.480 e. The zero-order chi connectivity index (χ0) is 27.5. The van der Waals surface area contributed by atoms with Crippen molar-refractivity contribution in [2.24, 2.45) is 11.3 Å². The Morgan fingerprint density at radius 1 is 1.16 bits per heavy atom. The van der Waals surface area contributed by atoms with Crippen LogP contribution in [-0.4, -0.2) is 99.9 Å². The molecule has 3 heterocycles. The van der Waals surface area contributed by atoms with Gasteiger partial charge in [-0.05, 0) is 38.0 Å². The first kappa shape index (κ1) is 28.5. The van der Waals surface area contributed by atoms with Gasteiger partial charge in [0.1, 0.15) is 12.1 Å². The molecule has 0 aromatic carbocycles. The highest BCUT2D eigenvalue weighted by molar-refractivity contribution is 5.94. The number of rotatable bonds is 8. The number of likely N-dealkylation sites (tertiary alicyclic amines) is 3. The van der Waals surface area contributed by atoms with Gasteiger partial charge in [0, 0.05) is 38.0 Å². The van der Waals surface area contributed by atoms with Gasteiger partial charge in [-0.1, -0.05) is 26.8 Å². The highest BCUT2D eigenvalue weighted by atomic mass is 16.4. The average Bonchev–Trinajstić information content (AvgIpc) is 3.31. The SMILES string of the molecule is C=CC1C(C)N(C(=O)[C@@H]2CCCN2C(=O)CNC(=O)N[C@H](CN2CCCCC2=O)C(C)(C)C)[C@H]1C(=O)O. The number of aliphatic carboxylic acids is 1. The van der Waals surface area contributed by atoms with Crippen molar-refractivity contribution in [3.05, 3.63) is 12.7 Å². The van der Waals surface area contributed by atoms with E-state index in [1.165, 1.54) is 9.80 Å². The van der Waals surface area contributed by atoms with E-state index in [9.17, 15) is 29.1 Å². The summed E-state index contributed by atoms with van der Waals surface area (Å²) < 4.78 is 0. The maximum absolute atomic E-state index is 13.2. The van der Waals surface area contributed by atoms with Crippen LogP contribution in [0.3, 0.4) is 0 Å². The molecule has 0 spiro atoms. The summed E-state index contributed by atoms with van der Waals surface area (Å²) in [4.78, 5) is 67.5. The Bertz CT molecular complexity index is 931. The molecule has 3 rings (SSSR count). The smallest absolute Gasteiger partial charge is 0.327 e. The number of hydrogen-bond acceptors (Lipinski definition) is 5. The number of carbonyl (C=O) groups is 5. The number of amides is 5. The minimum absolute atomic E-state index is 0.0868. The highest BCUT2D eigenvalue weighted by Crippen LogP contribution is 2.36. The fourth-order valence-electron chi connectivity index (χ4n) is 5.51. The number of carbonyl (C=O) groups excluding carboxylic acids is 4. The maximum Gasteiger partial charge on any atom is 0.327 e. The lowest BCUT2D eigenvalue weighted by atomic mass is 9.80. The van der Waals surface area contributed by atoms with Crippen LogP contribution >= 0.6 is 0 Å². The van der Waals surface area contributed by atoms with Crippen molar-refractivity contribution >= 4 is 29.7 Å². The second-order valence-corrected chi connectivity index (χ2v) is 11.4. The molecule has 0 aliphatic carbocycles. The van der Waals surface area contributed by atoms with Gasteiger partial charge in [0.05, 0.1) is 12.6 Å². The fourth-order valence-corrected chi connectivity index (χ4v) is 5.51. The van der Waals surface area contributed by atoms with Gasteiger partial charge in [-0.15, -0.1) is 6.58 Å². The van der Waals surface area contributed by atoms with Crippen molar-refractivity contribution in [2.45, 2.75) is 84.0 Å². The van der Waals surface area contributed by atoms with E-state index < -0.39 is 30.0 Å². The van der Waals surface area contributed by atoms with Crippen molar-refractivity contribution in [2.75, 3.05) is 26.2 Å². The van der Waals surface area contributed by atoms with Crippen LogP contribution in [0.5, 0.6) is 0 Å². The number of urea groups is 1. The summed E-state index contributed by atoms with van der Waals surface area (Å²) in [6, 6.07) is -2.88. The van der Waals surface area contributed by atoms with E-state index in [-0.39, 0.29) is 41.8 Å². The van der Waals surface area contributed by atoms with Gasteiger partial charge in [-0.3, -0.25) is 14.4 Å². The van der Waals surface area contributed by atoms with E-state index in [1.807, 2.05) is 20.8 Å². The van der Waals surface area contributed by atoms with Crippen molar-refractivity contribution in [3.63, 3.8) is 0 Å². The lowest BCUT2D eigenvalue weighted by Crippen LogP contribution is -2.69. The molecule has 3 aliphatic rings. The summed E-state index contributed by atoms with van der Waals surface area (Å²) in [5, 5.41) is 15.1. The van der Waals surface area contributed by atoms with Gasteiger partial charge < -0.3 is 30.4 Å². The quantitative estimate of drug-likeness (QED) is 0.412. The Morgan fingerprint density at radius 2 is 1.86 bits per heavy atom. The van der Waals surface area contributed by atoms with Gasteiger partial charge in [0.25, 0.3) is 0 Å². The Labute approximate surface area is 218 Å². The van der Waals surface area contributed by atoms with Crippen molar-refractivity contribution < 1.29 is 29.1 Å². The molecule has 3 saturated heterocycles. The molecule has 5 atom stereocenters.